The van der Waals surface area contributed by atoms with Crippen LogP contribution in [-0.2, 0) is 13.5 Å². The Labute approximate surface area is 176 Å². The molecule has 0 unspecified atom stereocenters. The highest BCUT2D eigenvalue weighted by molar-refractivity contribution is 6.25. The number of benzene rings is 3. The third-order valence-corrected chi connectivity index (χ3v) is 6.90. The molecule has 0 aliphatic carbocycles. The molecule has 0 spiro atoms. The van der Waals surface area contributed by atoms with Crippen molar-refractivity contribution in [2.24, 2.45) is 13.0 Å². The predicted octanol–water partition coefficient (Wildman–Crippen LogP) is 6.63. The minimum atomic E-state index is 0.656. The van der Waals surface area contributed by atoms with Gasteiger partial charge in [0.05, 0.1) is 16.4 Å². The molecule has 0 bridgehead atoms. The fraction of sp³-hybridized carbons (Fsp3) is 0.250. The van der Waals surface area contributed by atoms with Crippen LogP contribution in [0.15, 0.2) is 54.7 Å². The molecule has 6 aromatic rings. The van der Waals surface area contributed by atoms with Gasteiger partial charge < -0.3 is 4.40 Å². The van der Waals surface area contributed by atoms with Crippen molar-refractivity contribution in [1.29, 1.82) is 0 Å². The van der Waals surface area contributed by atoms with Crippen LogP contribution < -0.4 is 4.57 Å². The van der Waals surface area contributed by atoms with Crippen molar-refractivity contribution in [3.05, 3.63) is 71.4 Å². The molecule has 0 aliphatic rings. The zero-order valence-corrected chi connectivity index (χ0v) is 18.4. The lowest BCUT2D eigenvalue weighted by Gasteiger charge is -2.14. The second kappa shape index (κ2) is 5.95. The molecule has 148 valence electrons. The molecular weight excluding hydrogens is 364 g/mol. The second-order valence-electron chi connectivity index (χ2n) is 9.39. The molecule has 6 rings (SSSR count). The van der Waals surface area contributed by atoms with Gasteiger partial charge in [0.2, 0.25) is 5.52 Å². The number of rotatable bonds is 2. The van der Waals surface area contributed by atoms with Crippen LogP contribution in [0.4, 0.5) is 0 Å². The lowest BCUT2D eigenvalue weighted by molar-refractivity contribution is -0.644. The number of aromatic nitrogens is 2. The van der Waals surface area contributed by atoms with E-state index in [2.05, 4.69) is 98.4 Å². The maximum absolute atomic E-state index is 2.50. The summed E-state index contributed by atoms with van der Waals surface area (Å²) < 4.78 is 4.81. The fourth-order valence-electron chi connectivity index (χ4n) is 5.49. The van der Waals surface area contributed by atoms with Crippen LogP contribution in [0.3, 0.4) is 0 Å². The highest BCUT2D eigenvalue weighted by Gasteiger charge is 2.24. The Morgan fingerprint density at radius 3 is 2.53 bits per heavy atom. The Hall–Kier alpha value is -3.13. The lowest BCUT2D eigenvalue weighted by atomic mass is 9.94. The maximum Gasteiger partial charge on any atom is 0.238 e. The van der Waals surface area contributed by atoms with Crippen molar-refractivity contribution in [2.75, 3.05) is 0 Å². The highest BCUT2D eigenvalue weighted by atomic mass is 15.0. The van der Waals surface area contributed by atoms with Crippen molar-refractivity contribution in [2.45, 2.75) is 34.1 Å². The summed E-state index contributed by atoms with van der Waals surface area (Å²) in [5.41, 5.74) is 9.45. The number of aryl methyl sites for hydroxylation is 3. The molecule has 0 fully saturated rings. The zero-order chi connectivity index (χ0) is 20.7. The van der Waals surface area contributed by atoms with Gasteiger partial charge in [-0.05, 0) is 66.5 Å². The van der Waals surface area contributed by atoms with E-state index in [1.165, 1.54) is 65.7 Å². The monoisotopic (exact) mass is 391 g/mol. The molecule has 0 saturated carbocycles. The van der Waals surface area contributed by atoms with E-state index in [1.54, 1.807) is 0 Å². The molecular formula is C28H27N2+. The van der Waals surface area contributed by atoms with Gasteiger partial charge >= 0.3 is 0 Å². The fourth-order valence-corrected chi connectivity index (χ4v) is 5.49. The van der Waals surface area contributed by atoms with Gasteiger partial charge in [-0.1, -0.05) is 38.1 Å². The Kier molecular flexibility index (Phi) is 3.51. The third kappa shape index (κ3) is 2.17. The standard InChI is InChI=1S/C28H27N2/c1-16(2)13-19-9-10-23-22(15-19)21-11-12-29(5)28-25-18(4)17(3)14-20-7-6-8-24(26(20)25)30(23)27(21)28/h6-12,14-16H,13H2,1-5H3/q+1. The van der Waals surface area contributed by atoms with E-state index in [0.717, 1.165) is 6.42 Å². The molecule has 2 heteroatoms. The Bertz CT molecular complexity index is 1620. The number of fused-ring (bicyclic) bond motifs is 5. The number of hydrogen-bond acceptors (Lipinski definition) is 0. The quantitative estimate of drug-likeness (QED) is 0.178. The maximum atomic E-state index is 2.50. The van der Waals surface area contributed by atoms with Crippen LogP contribution in [0, 0.1) is 19.8 Å². The van der Waals surface area contributed by atoms with E-state index in [4.69, 9.17) is 0 Å². The molecule has 0 aliphatic heterocycles. The van der Waals surface area contributed by atoms with Gasteiger partial charge in [0.15, 0.2) is 6.20 Å². The normalized spacial score (nSPS) is 12.6. The molecule has 30 heavy (non-hydrogen) atoms. The summed E-state index contributed by atoms with van der Waals surface area (Å²) >= 11 is 0. The SMILES string of the molecule is Cc1cc2cccc3c2c(c1C)c1c2c(cc[n+]1C)c1cc(CC(C)C)ccc1n32. The number of nitrogens with zero attached hydrogens (tertiary/aromatic N) is 2. The van der Waals surface area contributed by atoms with Crippen LogP contribution in [-0.4, -0.2) is 4.40 Å². The largest absolute Gasteiger partial charge is 0.303 e. The first-order valence-corrected chi connectivity index (χ1v) is 10.9. The average Bonchev–Trinajstić information content (AvgIpc) is 3.03. The predicted molar refractivity (Wildman–Crippen MR) is 128 cm³/mol. The minimum Gasteiger partial charge on any atom is -0.303 e. The molecule has 0 saturated heterocycles. The van der Waals surface area contributed by atoms with E-state index < -0.39 is 0 Å². The summed E-state index contributed by atoms with van der Waals surface area (Å²) in [5, 5.41) is 6.81. The molecule has 3 aromatic heterocycles. The highest BCUT2D eigenvalue weighted by Crippen LogP contribution is 2.41. The summed E-state index contributed by atoms with van der Waals surface area (Å²) in [6.45, 7) is 9.10. The summed E-state index contributed by atoms with van der Waals surface area (Å²) in [7, 11) is 2.18. The molecule has 0 atom stereocenters. The van der Waals surface area contributed by atoms with E-state index in [0.29, 0.717) is 5.92 Å². The van der Waals surface area contributed by atoms with Gasteiger partial charge in [-0.15, -0.1) is 0 Å². The van der Waals surface area contributed by atoms with Crippen LogP contribution in [0.25, 0.3) is 49.0 Å². The Morgan fingerprint density at radius 1 is 0.900 bits per heavy atom. The first kappa shape index (κ1) is 17.7. The lowest BCUT2D eigenvalue weighted by Crippen LogP contribution is -2.29. The first-order valence-electron chi connectivity index (χ1n) is 10.9. The molecule has 3 aromatic carbocycles. The average molecular weight is 392 g/mol. The molecule has 2 nitrogen and oxygen atoms in total. The van der Waals surface area contributed by atoms with Crippen LogP contribution in [0.5, 0.6) is 0 Å². The number of pyridine rings is 2. The van der Waals surface area contributed by atoms with Gasteiger partial charge in [-0.25, -0.2) is 0 Å². The topological polar surface area (TPSA) is 8.29 Å². The first-order chi connectivity index (χ1) is 14.5. The smallest absolute Gasteiger partial charge is 0.238 e. The van der Waals surface area contributed by atoms with Crippen molar-refractivity contribution in [3.63, 3.8) is 0 Å². The van der Waals surface area contributed by atoms with Gasteiger partial charge in [0, 0.05) is 22.2 Å². The summed E-state index contributed by atoms with van der Waals surface area (Å²) in [4.78, 5) is 0. The zero-order valence-electron chi connectivity index (χ0n) is 18.4. The van der Waals surface area contributed by atoms with E-state index >= 15 is 0 Å². The Morgan fingerprint density at radius 2 is 1.73 bits per heavy atom. The molecule has 0 radical (unpaired) electrons. The van der Waals surface area contributed by atoms with E-state index in [1.807, 2.05) is 0 Å². The van der Waals surface area contributed by atoms with E-state index in [-0.39, 0.29) is 0 Å². The summed E-state index contributed by atoms with van der Waals surface area (Å²) in [6.07, 6.45) is 3.35. The Balaban J connectivity index is 1.96. The van der Waals surface area contributed by atoms with Crippen LogP contribution in [0.2, 0.25) is 0 Å². The third-order valence-electron chi connectivity index (χ3n) is 6.90. The van der Waals surface area contributed by atoms with Gasteiger partial charge in [-0.2, -0.15) is 4.57 Å². The minimum absolute atomic E-state index is 0.656. The summed E-state index contributed by atoms with van der Waals surface area (Å²) in [5.74, 6) is 0.656. The molecule has 0 amide bonds. The van der Waals surface area contributed by atoms with Crippen LogP contribution in [0.1, 0.15) is 30.5 Å². The molecule has 3 heterocycles. The van der Waals surface area contributed by atoms with E-state index in [9.17, 15) is 0 Å². The number of hydrogen-bond donors (Lipinski definition) is 0. The second-order valence-corrected chi connectivity index (χ2v) is 9.39. The summed E-state index contributed by atoms with van der Waals surface area (Å²) in [6, 6.07) is 18.5. The van der Waals surface area contributed by atoms with Crippen molar-refractivity contribution >= 4 is 49.0 Å². The van der Waals surface area contributed by atoms with Gasteiger partial charge in [0.25, 0.3) is 0 Å². The van der Waals surface area contributed by atoms with Gasteiger partial charge in [-0.3, -0.25) is 0 Å². The van der Waals surface area contributed by atoms with Crippen LogP contribution >= 0.6 is 0 Å². The van der Waals surface area contributed by atoms with Gasteiger partial charge in [0.1, 0.15) is 12.6 Å². The molecule has 0 N–H and O–H groups in total. The van der Waals surface area contributed by atoms with Crippen molar-refractivity contribution in [3.8, 4) is 0 Å². The van der Waals surface area contributed by atoms with Crippen molar-refractivity contribution < 1.29 is 4.57 Å². The van der Waals surface area contributed by atoms with Crippen molar-refractivity contribution in [1.82, 2.24) is 4.40 Å².